The molecule has 1 aromatic carbocycles. The van der Waals surface area contributed by atoms with Gasteiger partial charge in [0.05, 0.1) is 6.04 Å². The number of aromatic nitrogens is 2. The number of fused-ring (bicyclic) bond motifs is 1. The van der Waals surface area contributed by atoms with Gasteiger partial charge in [-0.2, -0.15) is 0 Å². The van der Waals surface area contributed by atoms with Gasteiger partial charge in [-0.05, 0) is 50.3 Å². The SMILES string of the molecule is CCC(=O)N1CCCC1c1nc(C)c2c(n1)N(Cc1ccc(F)cc1)CCC2. The Balaban J connectivity index is 1.66. The Morgan fingerprint density at radius 1 is 1.18 bits per heavy atom. The second kappa shape index (κ2) is 7.86. The number of hydrogen-bond donors (Lipinski definition) is 0. The van der Waals surface area contributed by atoms with Crippen molar-refractivity contribution in [2.24, 2.45) is 0 Å². The van der Waals surface area contributed by atoms with Crippen molar-refractivity contribution in [2.75, 3.05) is 18.0 Å². The van der Waals surface area contributed by atoms with Crippen LogP contribution < -0.4 is 4.90 Å². The lowest BCUT2D eigenvalue weighted by Gasteiger charge is -2.32. The van der Waals surface area contributed by atoms with Crippen LogP contribution in [0.5, 0.6) is 0 Å². The first-order valence-electron chi connectivity index (χ1n) is 10.2. The number of likely N-dealkylation sites (tertiary alicyclic amines) is 1. The third-order valence-electron chi connectivity index (χ3n) is 5.82. The van der Waals surface area contributed by atoms with Gasteiger partial charge in [-0.1, -0.05) is 19.1 Å². The van der Waals surface area contributed by atoms with Gasteiger partial charge in [-0.15, -0.1) is 0 Å². The summed E-state index contributed by atoms with van der Waals surface area (Å²) in [5, 5.41) is 0. The molecule has 3 heterocycles. The molecule has 1 unspecified atom stereocenters. The molecule has 148 valence electrons. The van der Waals surface area contributed by atoms with Gasteiger partial charge >= 0.3 is 0 Å². The number of carbonyl (C=O) groups is 1. The Kier molecular flexibility index (Phi) is 5.29. The summed E-state index contributed by atoms with van der Waals surface area (Å²) in [6.45, 7) is 6.36. The molecule has 0 radical (unpaired) electrons. The van der Waals surface area contributed by atoms with Crippen molar-refractivity contribution in [3.8, 4) is 0 Å². The Hall–Kier alpha value is -2.50. The minimum atomic E-state index is -0.217. The lowest BCUT2D eigenvalue weighted by atomic mass is 10.0. The van der Waals surface area contributed by atoms with E-state index in [1.807, 2.05) is 30.9 Å². The normalized spacial score (nSPS) is 19.0. The van der Waals surface area contributed by atoms with Crippen LogP contribution in [0.1, 0.15) is 61.3 Å². The number of amides is 1. The van der Waals surface area contributed by atoms with E-state index in [1.165, 1.54) is 17.7 Å². The minimum Gasteiger partial charge on any atom is -0.352 e. The van der Waals surface area contributed by atoms with E-state index in [9.17, 15) is 9.18 Å². The summed E-state index contributed by atoms with van der Waals surface area (Å²) in [6, 6.07) is 6.65. The molecule has 0 saturated carbocycles. The van der Waals surface area contributed by atoms with Gasteiger partial charge < -0.3 is 9.80 Å². The van der Waals surface area contributed by atoms with Crippen LogP contribution in [-0.2, 0) is 17.8 Å². The van der Waals surface area contributed by atoms with Gasteiger partial charge in [-0.3, -0.25) is 4.79 Å². The van der Waals surface area contributed by atoms with Crippen molar-refractivity contribution in [3.05, 3.63) is 52.7 Å². The molecular weight excluding hydrogens is 355 g/mol. The van der Waals surface area contributed by atoms with Gasteiger partial charge in [0.1, 0.15) is 11.6 Å². The van der Waals surface area contributed by atoms with E-state index in [1.54, 1.807) is 0 Å². The number of rotatable bonds is 4. The first-order chi connectivity index (χ1) is 13.6. The summed E-state index contributed by atoms with van der Waals surface area (Å²) in [7, 11) is 0. The van der Waals surface area contributed by atoms with Crippen molar-refractivity contribution in [1.82, 2.24) is 14.9 Å². The van der Waals surface area contributed by atoms with Gasteiger partial charge in [-0.25, -0.2) is 14.4 Å². The smallest absolute Gasteiger partial charge is 0.222 e. The molecule has 0 aliphatic carbocycles. The number of halogens is 1. The average molecular weight is 382 g/mol. The fourth-order valence-corrected chi connectivity index (χ4v) is 4.36. The summed E-state index contributed by atoms with van der Waals surface area (Å²) in [5.74, 6) is 1.70. The van der Waals surface area contributed by atoms with Crippen molar-refractivity contribution >= 4 is 11.7 Å². The highest BCUT2D eigenvalue weighted by atomic mass is 19.1. The summed E-state index contributed by atoms with van der Waals surface area (Å²) in [6.07, 6.45) is 4.46. The lowest BCUT2D eigenvalue weighted by molar-refractivity contribution is -0.131. The predicted octanol–water partition coefficient (Wildman–Crippen LogP) is 3.95. The minimum absolute atomic E-state index is 0.0222. The van der Waals surface area contributed by atoms with E-state index in [0.717, 1.165) is 61.7 Å². The first kappa shape index (κ1) is 18.8. The topological polar surface area (TPSA) is 49.3 Å². The van der Waals surface area contributed by atoms with E-state index in [4.69, 9.17) is 9.97 Å². The lowest BCUT2D eigenvalue weighted by Crippen LogP contribution is -2.34. The molecule has 1 saturated heterocycles. The molecule has 0 N–H and O–H groups in total. The van der Waals surface area contributed by atoms with Crippen LogP contribution in [0.2, 0.25) is 0 Å². The molecular formula is C22H27FN4O. The van der Waals surface area contributed by atoms with Crippen LogP contribution in [-0.4, -0.2) is 33.9 Å². The molecule has 0 bridgehead atoms. The number of nitrogens with zero attached hydrogens (tertiary/aromatic N) is 4. The quantitative estimate of drug-likeness (QED) is 0.803. The fraction of sp³-hybridized carbons (Fsp3) is 0.500. The highest BCUT2D eigenvalue weighted by molar-refractivity contribution is 5.76. The van der Waals surface area contributed by atoms with E-state index in [0.29, 0.717) is 13.0 Å². The van der Waals surface area contributed by atoms with Gasteiger partial charge in [0.25, 0.3) is 0 Å². The second-order valence-corrected chi connectivity index (χ2v) is 7.72. The zero-order chi connectivity index (χ0) is 19.7. The maximum absolute atomic E-state index is 13.2. The Labute approximate surface area is 165 Å². The van der Waals surface area contributed by atoms with Gasteiger partial charge in [0.15, 0.2) is 5.82 Å². The highest BCUT2D eigenvalue weighted by Gasteiger charge is 2.33. The molecule has 1 fully saturated rings. The van der Waals surface area contributed by atoms with Gasteiger partial charge in [0, 0.05) is 37.3 Å². The number of anilines is 1. The summed E-state index contributed by atoms with van der Waals surface area (Å²) in [4.78, 5) is 26.3. The second-order valence-electron chi connectivity index (χ2n) is 7.72. The molecule has 4 rings (SSSR count). The molecule has 5 nitrogen and oxygen atoms in total. The number of benzene rings is 1. The molecule has 1 aromatic heterocycles. The standard InChI is InChI=1S/C22H27FN4O/c1-3-20(28)27-13-5-7-19(27)21-24-15(2)18-6-4-12-26(22(18)25-21)14-16-8-10-17(23)11-9-16/h8-11,19H,3-7,12-14H2,1-2H3. The third kappa shape index (κ3) is 3.60. The van der Waals surface area contributed by atoms with Crippen molar-refractivity contribution in [3.63, 3.8) is 0 Å². The maximum Gasteiger partial charge on any atom is 0.222 e. The molecule has 28 heavy (non-hydrogen) atoms. The number of carbonyl (C=O) groups excluding carboxylic acids is 1. The van der Waals surface area contributed by atoms with E-state index >= 15 is 0 Å². The zero-order valence-electron chi connectivity index (χ0n) is 16.6. The van der Waals surface area contributed by atoms with E-state index in [2.05, 4.69) is 4.90 Å². The van der Waals surface area contributed by atoms with Crippen molar-refractivity contribution in [2.45, 2.75) is 58.5 Å². The maximum atomic E-state index is 13.2. The van der Waals surface area contributed by atoms with Crippen LogP contribution in [0.25, 0.3) is 0 Å². The summed E-state index contributed by atoms with van der Waals surface area (Å²) >= 11 is 0. The van der Waals surface area contributed by atoms with E-state index < -0.39 is 0 Å². The highest BCUT2D eigenvalue weighted by Crippen LogP contribution is 2.35. The Morgan fingerprint density at radius 3 is 2.71 bits per heavy atom. The monoisotopic (exact) mass is 382 g/mol. The van der Waals surface area contributed by atoms with Crippen LogP contribution in [0.3, 0.4) is 0 Å². The van der Waals surface area contributed by atoms with Crippen LogP contribution in [0, 0.1) is 12.7 Å². The summed E-state index contributed by atoms with van der Waals surface area (Å²) < 4.78 is 13.2. The number of aryl methyl sites for hydroxylation is 1. The molecule has 1 amide bonds. The molecule has 1 atom stereocenters. The number of hydrogen-bond acceptors (Lipinski definition) is 4. The molecule has 6 heteroatoms. The summed E-state index contributed by atoms with van der Waals surface area (Å²) in [5.41, 5.74) is 3.28. The zero-order valence-corrected chi connectivity index (χ0v) is 16.6. The molecule has 2 aliphatic rings. The van der Waals surface area contributed by atoms with Crippen LogP contribution in [0.15, 0.2) is 24.3 Å². The Bertz CT molecular complexity index is 868. The molecule has 0 spiro atoms. The van der Waals surface area contributed by atoms with Gasteiger partial charge in [0.2, 0.25) is 5.91 Å². The Morgan fingerprint density at radius 2 is 1.96 bits per heavy atom. The fourth-order valence-electron chi connectivity index (χ4n) is 4.36. The van der Waals surface area contributed by atoms with Crippen molar-refractivity contribution < 1.29 is 9.18 Å². The van der Waals surface area contributed by atoms with Crippen molar-refractivity contribution in [1.29, 1.82) is 0 Å². The van der Waals surface area contributed by atoms with E-state index in [-0.39, 0.29) is 17.8 Å². The largest absolute Gasteiger partial charge is 0.352 e. The first-order valence-corrected chi connectivity index (χ1v) is 10.2. The molecule has 2 aromatic rings. The van der Waals surface area contributed by atoms with Crippen LogP contribution >= 0.6 is 0 Å². The molecule has 2 aliphatic heterocycles. The van der Waals surface area contributed by atoms with Crippen LogP contribution in [0.4, 0.5) is 10.2 Å². The average Bonchev–Trinajstić information content (AvgIpc) is 3.19. The third-order valence-corrected chi connectivity index (χ3v) is 5.82. The predicted molar refractivity (Wildman–Crippen MR) is 107 cm³/mol.